The van der Waals surface area contributed by atoms with Gasteiger partial charge in [-0.25, -0.2) is 0 Å². The number of rotatable bonds is 4. The number of phenols is 1. The molecule has 4 heteroatoms. The number of Topliss-reactive ketones (excluding diaryl/α,β-unsaturated/α-hetero) is 2. The molecule has 3 nitrogen and oxygen atoms in total. The SMILES string of the molecule is CC(=O)C(=C[c-]1cccc1)C(=O)c1ccc(C)cc1O.[Fe].[cH-]1[cH-][cH-][cH-][cH-]1. The number of phenolic OH excluding ortho intramolecular Hbond substituents is 1. The van der Waals surface area contributed by atoms with Gasteiger partial charge in [-0.15, -0.1) is 23.8 Å². The van der Waals surface area contributed by atoms with Crippen LogP contribution in [0, 0.1) is 6.92 Å². The minimum absolute atomic E-state index is 0. The van der Waals surface area contributed by atoms with E-state index in [4.69, 9.17) is 0 Å². The van der Waals surface area contributed by atoms with Crippen LogP contribution in [-0.4, -0.2) is 16.7 Å². The number of carbonyl (C=O) groups is 2. The van der Waals surface area contributed by atoms with Crippen LogP contribution < -0.4 is 0 Å². The van der Waals surface area contributed by atoms with Crippen molar-refractivity contribution in [3.8, 4) is 5.75 Å². The fraction of sp³-hybridized carbons (Fsp3) is 0.0909. The Labute approximate surface area is 164 Å². The predicted octanol–water partition coefficient (Wildman–Crippen LogP) is 4.68. The van der Waals surface area contributed by atoms with Crippen molar-refractivity contribution in [2.24, 2.45) is 0 Å². The second-order valence-corrected chi connectivity index (χ2v) is 5.64. The summed E-state index contributed by atoms with van der Waals surface area (Å²) < 4.78 is 0. The smallest absolute Gasteiger partial charge is 0.160 e. The van der Waals surface area contributed by atoms with Crippen molar-refractivity contribution in [2.75, 3.05) is 0 Å². The molecule has 3 aromatic carbocycles. The molecule has 0 aromatic heterocycles. The molecule has 0 radical (unpaired) electrons. The third kappa shape index (κ3) is 5.99. The molecule has 0 aliphatic heterocycles. The van der Waals surface area contributed by atoms with Gasteiger partial charge in [0.15, 0.2) is 5.78 Å². The van der Waals surface area contributed by atoms with Gasteiger partial charge in [-0.2, -0.15) is 12.1 Å². The molecular formula is C22H20FeO3-6. The van der Waals surface area contributed by atoms with E-state index >= 15 is 0 Å². The summed E-state index contributed by atoms with van der Waals surface area (Å²) in [5, 5.41) is 9.86. The average molecular weight is 388 g/mol. The van der Waals surface area contributed by atoms with Gasteiger partial charge in [0, 0.05) is 17.1 Å². The quantitative estimate of drug-likeness (QED) is 0.176. The summed E-state index contributed by atoms with van der Waals surface area (Å²) in [6.07, 6.45) is 1.55. The van der Waals surface area contributed by atoms with Crippen molar-refractivity contribution in [3.63, 3.8) is 0 Å². The zero-order valence-electron chi connectivity index (χ0n) is 14.6. The largest absolute Gasteiger partial charge is 0.748 e. The van der Waals surface area contributed by atoms with E-state index in [0.717, 1.165) is 11.1 Å². The minimum Gasteiger partial charge on any atom is -0.748 e. The Morgan fingerprint density at radius 1 is 1.04 bits per heavy atom. The zero-order valence-corrected chi connectivity index (χ0v) is 15.7. The first-order valence-electron chi connectivity index (χ1n) is 7.94. The minimum atomic E-state index is -0.462. The van der Waals surface area contributed by atoms with Gasteiger partial charge in [0.05, 0.1) is 5.56 Å². The number of allylic oxidation sites excluding steroid dienone is 1. The van der Waals surface area contributed by atoms with Gasteiger partial charge in [-0.05, 0) is 37.1 Å². The van der Waals surface area contributed by atoms with Crippen molar-refractivity contribution < 1.29 is 31.8 Å². The first-order chi connectivity index (χ1) is 12.0. The van der Waals surface area contributed by atoms with Crippen LogP contribution >= 0.6 is 0 Å². The summed E-state index contributed by atoms with van der Waals surface area (Å²) in [6, 6.07) is 22.1. The van der Waals surface area contributed by atoms with Crippen LogP contribution in [0.1, 0.15) is 28.4 Å². The fourth-order valence-corrected chi connectivity index (χ4v) is 2.28. The van der Waals surface area contributed by atoms with Crippen molar-refractivity contribution in [3.05, 3.63) is 95.1 Å². The van der Waals surface area contributed by atoms with Crippen LogP contribution in [0.3, 0.4) is 0 Å². The van der Waals surface area contributed by atoms with E-state index in [1.54, 1.807) is 12.1 Å². The summed E-state index contributed by atoms with van der Waals surface area (Å²) in [4.78, 5) is 24.1. The molecule has 0 aliphatic rings. The van der Waals surface area contributed by atoms with E-state index < -0.39 is 5.78 Å². The number of aryl methyl sites for hydroxylation is 1. The third-order valence-electron chi connectivity index (χ3n) is 3.58. The third-order valence-corrected chi connectivity index (χ3v) is 3.58. The molecule has 26 heavy (non-hydrogen) atoms. The summed E-state index contributed by atoms with van der Waals surface area (Å²) in [7, 11) is 0. The Bertz CT molecular complexity index is 840. The molecular weight excluding hydrogens is 368 g/mol. The Morgan fingerprint density at radius 2 is 1.58 bits per heavy atom. The van der Waals surface area contributed by atoms with Crippen LogP contribution in [0.4, 0.5) is 0 Å². The van der Waals surface area contributed by atoms with Crippen LogP contribution in [0.15, 0.2) is 78.4 Å². The Kier molecular flexibility index (Phi) is 8.50. The van der Waals surface area contributed by atoms with E-state index in [0.29, 0.717) is 0 Å². The first kappa shape index (κ1) is 21.4. The molecule has 0 amide bonds. The molecule has 140 valence electrons. The van der Waals surface area contributed by atoms with Gasteiger partial charge in [0.1, 0.15) is 11.5 Å². The second kappa shape index (κ2) is 10.3. The van der Waals surface area contributed by atoms with Gasteiger partial charge in [0.25, 0.3) is 0 Å². The van der Waals surface area contributed by atoms with Gasteiger partial charge in [-0.1, -0.05) is 6.07 Å². The average Bonchev–Trinajstić information content (AvgIpc) is 3.28. The molecule has 0 spiro atoms. The molecule has 1 N–H and O–H groups in total. The number of ketones is 2. The van der Waals surface area contributed by atoms with Crippen LogP contribution in [0.25, 0.3) is 6.08 Å². The topological polar surface area (TPSA) is 54.4 Å². The first-order valence-corrected chi connectivity index (χ1v) is 7.94. The Hall–Kier alpha value is -2.68. The molecule has 0 aliphatic carbocycles. The van der Waals surface area contributed by atoms with Crippen LogP contribution in [0.2, 0.25) is 0 Å². The summed E-state index contributed by atoms with van der Waals surface area (Å²) in [5.74, 6) is -0.892. The molecule has 0 saturated carbocycles. The summed E-state index contributed by atoms with van der Waals surface area (Å²) in [6.45, 7) is 3.16. The van der Waals surface area contributed by atoms with Gasteiger partial charge in [-0.3, -0.25) is 4.79 Å². The van der Waals surface area contributed by atoms with Gasteiger partial charge >= 0.3 is 0 Å². The Balaban J connectivity index is 0.000000486. The number of benzene rings is 1. The molecule has 0 unspecified atom stereocenters. The second-order valence-electron chi connectivity index (χ2n) is 5.64. The normalized spacial score (nSPS) is 10.3. The molecule has 0 heterocycles. The number of aromatic hydroxyl groups is 1. The molecule has 0 fully saturated rings. The Morgan fingerprint density at radius 3 is 2.04 bits per heavy atom. The van der Waals surface area contributed by atoms with Crippen molar-refractivity contribution in [1.29, 1.82) is 0 Å². The maximum atomic E-state index is 12.4. The number of hydrogen-bond donors (Lipinski definition) is 1. The van der Waals surface area contributed by atoms with E-state index in [9.17, 15) is 14.7 Å². The maximum absolute atomic E-state index is 12.4. The van der Waals surface area contributed by atoms with E-state index in [-0.39, 0.29) is 39.7 Å². The molecule has 0 bridgehead atoms. The van der Waals surface area contributed by atoms with Gasteiger partial charge < -0.3 is 40.2 Å². The summed E-state index contributed by atoms with van der Waals surface area (Å²) >= 11 is 0. The van der Waals surface area contributed by atoms with E-state index in [2.05, 4.69) is 0 Å². The standard InChI is InChI=1S/C17H15O3.C5H5.Fe/c1-11-7-8-14(16(19)9-11)17(20)15(12(2)18)10-13-5-3-4-6-13;1-2-4-5-3-1;/h3-10,19H,1-2H3;1-5H;/q-1;-5;. The predicted molar refractivity (Wildman–Crippen MR) is 99.9 cm³/mol. The molecule has 3 rings (SSSR count). The summed E-state index contributed by atoms with van der Waals surface area (Å²) in [5.41, 5.74) is 1.84. The van der Waals surface area contributed by atoms with Crippen molar-refractivity contribution >= 4 is 17.6 Å². The fourth-order valence-electron chi connectivity index (χ4n) is 2.28. The zero-order chi connectivity index (χ0) is 18.2. The molecule has 0 saturated heterocycles. The molecule has 3 aromatic rings. The van der Waals surface area contributed by atoms with E-state index in [1.165, 1.54) is 19.1 Å². The van der Waals surface area contributed by atoms with Crippen molar-refractivity contribution in [2.45, 2.75) is 13.8 Å². The van der Waals surface area contributed by atoms with E-state index in [1.807, 2.05) is 61.5 Å². The van der Waals surface area contributed by atoms with Gasteiger partial charge in [0.2, 0.25) is 0 Å². The number of carbonyl (C=O) groups excluding carboxylic acids is 2. The maximum Gasteiger partial charge on any atom is 0.160 e. The van der Waals surface area contributed by atoms with Crippen molar-refractivity contribution in [1.82, 2.24) is 0 Å². The molecule has 0 atom stereocenters. The van der Waals surface area contributed by atoms with Crippen LogP contribution in [0.5, 0.6) is 5.75 Å². The monoisotopic (exact) mass is 388 g/mol. The van der Waals surface area contributed by atoms with Crippen LogP contribution in [-0.2, 0) is 21.9 Å². The number of hydrogen-bond acceptors (Lipinski definition) is 3.